The molecule has 0 unspecified atom stereocenters. The Morgan fingerprint density at radius 3 is 2.64 bits per heavy atom. The second-order valence-electron chi connectivity index (χ2n) is 9.02. The van der Waals surface area contributed by atoms with Gasteiger partial charge in [0, 0.05) is 12.1 Å². The molecule has 2 aromatic carbocycles. The zero-order chi connectivity index (χ0) is 24.9. The van der Waals surface area contributed by atoms with Crippen molar-refractivity contribution in [3.05, 3.63) is 77.3 Å². The third kappa shape index (κ3) is 5.66. The Kier molecular flexibility index (Phi) is 7.13. The highest BCUT2D eigenvalue weighted by Gasteiger charge is 2.18. The first-order valence-electron chi connectivity index (χ1n) is 12.1. The highest BCUT2D eigenvalue weighted by Crippen LogP contribution is 2.26. The topological polar surface area (TPSA) is 111 Å². The van der Waals surface area contributed by atoms with Crippen LogP contribution >= 0.6 is 11.6 Å². The number of hydrogen-bond acceptors (Lipinski definition) is 6. The maximum Gasteiger partial charge on any atom is 0.248 e. The van der Waals surface area contributed by atoms with Crippen molar-refractivity contribution in [2.75, 3.05) is 16.4 Å². The number of anilines is 3. The van der Waals surface area contributed by atoms with Crippen LogP contribution in [0.15, 0.2) is 60.9 Å². The van der Waals surface area contributed by atoms with Gasteiger partial charge in [-0.25, -0.2) is 4.98 Å². The second kappa shape index (κ2) is 10.8. The summed E-state index contributed by atoms with van der Waals surface area (Å²) in [6.07, 6.45) is 11.0. The number of carbonyl (C=O) groups excluding carboxylic acids is 1. The molecule has 2 heterocycles. The van der Waals surface area contributed by atoms with Gasteiger partial charge in [-0.1, -0.05) is 55.7 Å². The molecule has 0 atom stereocenters. The molecule has 1 fully saturated rings. The van der Waals surface area contributed by atoms with Crippen LogP contribution in [0.1, 0.15) is 43.2 Å². The Morgan fingerprint density at radius 2 is 1.86 bits per heavy atom. The normalized spacial score (nSPS) is 14.4. The van der Waals surface area contributed by atoms with Gasteiger partial charge in [-0.3, -0.25) is 4.79 Å². The summed E-state index contributed by atoms with van der Waals surface area (Å²) in [5.41, 5.74) is 10.4. The first-order chi connectivity index (χ1) is 17.5. The van der Waals surface area contributed by atoms with Gasteiger partial charge in [0.15, 0.2) is 17.0 Å². The maximum atomic E-state index is 12.2. The molecule has 1 aliphatic rings. The van der Waals surface area contributed by atoms with Crippen molar-refractivity contribution in [1.29, 1.82) is 0 Å². The number of nitrogens with one attached hydrogen (secondary N) is 2. The van der Waals surface area contributed by atoms with Gasteiger partial charge in [-0.2, -0.15) is 9.97 Å². The number of halogens is 1. The van der Waals surface area contributed by atoms with Crippen LogP contribution in [0, 0.1) is 0 Å². The molecule has 8 nitrogen and oxygen atoms in total. The molecule has 4 aromatic rings. The average Bonchev–Trinajstić information content (AvgIpc) is 3.28. The predicted molar refractivity (Wildman–Crippen MR) is 145 cm³/mol. The summed E-state index contributed by atoms with van der Waals surface area (Å²) in [5.74, 6) is 0.461. The summed E-state index contributed by atoms with van der Waals surface area (Å²) in [7, 11) is 0. The summed E-state index contributed by atoms with van der Waals surface area (Å²) in [6.45, 7) is 0.588. The first kappa shape index (κ1) is 23.8. The van der Waals surface area contributed by atoms with Crippen LogP contribution in [0.5, 0.6) is 0 Å². The van der Waals surface area contributed by atoms with Crippen LogP contribution in [0.25, 0.3) is 17.2 Å². The predicted octanol–water partition coefficient (Wildman–Crippen LogP) is 5.51. The molecule has 0 radical (unpaired) electrons. The van der Waals surface area contributed by atoms with E-state index >= 15 is 0 Å². The zero-order valence-electron chi connectivity index (χ0n) is 19.8. The van der Waals surface area contributed by atoms with Crippen molar-refractivity contribution < 1.29 is 4.79 Å². The van der Waals surface area contributed by atoms with Crippen molar-refractivity contribution in [2.24, 2.45) is 0 Å². The number of amides is 1. The smallest absolute Gasteiger partial charge is 0.248 e. The van der Waals surface area contributed by atoms with E-state index in [2.05, 4.69) is 25.6 Å². The maximum absolute atomic E-state index is 12.2. The highest BCUT2D eigenvalue weighted by molar-refractivity contribution is 6.28. The van der Waals surface area contributed by atoms with Gasteiger partial charge in [0.1, 0.15) is 0 Å². The minimum absolute atomic E-state index is 0.207. The van der Waals surface area contributed by atoms with Crippen molar-refractivity contribution in [1.82, 2.24) is 19.5 Å². The van der Waals surface area contributed by atoms with Crippen molar-refractivity contribution in [2.45, 2.75) is 44.7 Å². The van der Waals surface area contributed by atoms with Crippen molar-refractivity contribution >= 4 is 51.9 Å². The van der Waals surface area contributed by atoms with E-state index in [1.807, 2.05) is 41.0 Å². The van der Waals surface area contributed by atoms with E-state index < -0.39 is 0 Å². The molecule has 1 aliphatic carbocycles. The molecule has 0 saturated heterocycles. The number of fused-ring (bicyclic) bond motifs is 1. The Morgan fingerprint density at radius 1 is 1.08 bits per heavy atom. The molecular weight excluding hydrogens is 474 g/mol. The number of benzene rings is 2. The summed E-state index contributed by atoms with van der Waals surface area (Å²) in [4.78, 5) is 25.7. The molecule has 36 heavy (non-hydrogen) atoms. The number of rotatable bonds is 7. The summed E-state index contributed by atoms with van der Waals surface area (Å²) < 4.78 is 1.97. The SMILES string of the molecule is Nc1ccccc1NC(=O)/C=C/c1ccc(Cn2cnc3c(NC4CCCCC4)nc(Cl)nc32)cc1. The lowest BCUT2D eigenvalue weighted by Crippen LogP contribution is -2.23. The van der Waals surface area contributed by atoms with Crippen LogP contribution in [0.3, 0.4) is 0 Å². The molecule has 0 bridgehead atoms. The number of hydrogen-bond donors (Lipinski definition) is 3. The lowest BCUT2D eigenvalue weighted by molar-refractivity contribution is -0.111. The van der Waals surface area contributed by atoms with Gasteiger partial charge in [0.05, 0.1) is 24.2 Å². The molecule has 0 spiro atoms. The third-order valence-corrected chi connectivity index (χ3v) is 6.53. The number of nitrogens with two attached hydrogens (primary N) is 1. The molecular formula is C27H28ClN7O. The number of carbonyl (C=O) groups is 1. The fourth-order valence-electron chi connectivity index (χ4n) is 4.46. The van der Waals surface area contributed by atoms with Crippen LogP contribution in [-0.2, 0) is 11.3 Å². The molecule has 2 aromatic heterocycles. The van der Waals surface area contributed by atoms with Crippen molar-refractivity contribution in [3.63, 3.8) is 0 Å². The number of para-hydroxylation sites is 2. The minimum atomic E-state index is -0.240. The fraction of sp³-hybridized carbons (Fsp3) is 0.259. The van der Waals surface area contributed by atoms with Gasteiger partial charge >= 0.3 is 0 Å². The summed E-state index contributed by atoms with van der Waals surface area (Å²) >= 11 is 6.26. The number of imidazole rings is 1. The molecule has 1 saturated carbocycles. The molecule has 1 amide bonds. The van der Waals surface area contributed by atoms with Crippen LogP contribution in [0.2, 0.25) is 5.28 Å². The van der Waals surface area contributed by atoms with Gasteiger partial charge in [0.2, 0.25) is 11.2 Å². The van der Waals surface area contributed by atoms with E-state index in [1.165, 1.54) is 25.3 Å². The quantitative estimate of drug-likeness (QED) is 0.175. The van der Waals surface area contributed by atoms with E-state index in [-0.39, 0.29) is 11.2 Å². The molecule has 184 valence electrons. The van der Waals surface area contributed by atoms with E-state index in [0.717, 1.165) is 29.5 Å². The summed E-state index contributed by atoms with van der Waals surface area (Å²) in [5, 5.41) is 6.52. The van der Waals surface area contributed by atoms with Crippen LogP contribution < -0.4 is 16.4 Å². The molecule has 4 N–H and O–H groups in total. The van der Waals surface area contributed by atoms with Gasteiger partial charge in [-0.15, -0.1) is 0 Å². The lowest BCUT2D eigenvalue weighted by Gasteiger charge is -2.23. The number of aromatic nitrogens is 4. The largest absolute Gasteiger partial charge is 0.397 e. The fourth-order valence-corrected chi connectivity index (χ4v) is 4.63. The van der Waals surface area contributed by atoms with Crippen LogP contribution in [-0.4, -0.2) is 31.5 Å². The number of nitrogens with zero attached hydrogens (tertiary/aromatic N) is 4. The highest BCUT2D eigenvalue weighted by atomic mass is 35.5. The van der Waals surface area contributed by atoms with Gasteiger partial charge in [-0.05, 0) is 53.8 Å². The Bertz CT molecular complexity index is 1390. The summed E-state index contributed by atoms with van der Waals surface area (Å²) in [6, 6.07) is 15.5. The second-order valence-corrected chi connectivity index (χ2v) is 9.35. The average molecular weight is 502 g/mol. The van der Waals surface area contributed by atoms with E-state index in [0.29, 0.717) is 35.4 Å². The number of nitrogen functional groups attached to an aromatic ring is 1. The van der Waals surface area contributed by atoms with Gasteiger partial charge < -0.3 is 20.9 Å². The Labute approximate surface area is 214 Å². The van der Waals surface area contributed by atoms with Gasteiger partial charge in [0.25, 0.3) is 0 Å². The van der Waals surface area contributed by atoms with Crippen LogP contribution in [0.4, 0.5) is 17.2 Å². The minimum Gasteiger partial charge on any atom is -0.397 e. The first-order valence-corrected chi connectivity index (χ1v) is 12.5. The standard InChI is InChI=1S/C27H28ClN7O/c28-27-33-25(31-20-6-2-1-3-7-20)24-26(34-27)35(17-30-24)16-19-12-10-18(11-13-19)14-15-23(36)32-22-9-5-4-8-21(22)29/h4-5,8-15,17,20H,1-3,6-7,16,29H2,(H,32,36)(H,31,33,34)/b15-14+. The zero-order valence-corrected chi connectivity index (χ0v) is 20.6. The van der Waals surface area contributed by atoms with E-state index in [4.69, 9.17) is 17.3 Å². The molecule has 0 aliphatic heterocycles. The Hall–Kier alpha value is -3.91. The Balaban J connectivity index is 1.26. The lowest BCUT2D eigenvalue weighted by atomic mass is 9.95. The van der Waals surface area contributed by atoms with Crippen molar-refractivity contribution in [3.8, 4) is 0 Å². The van der Waals surface area contributed by atoms with E-state index in [9.17, 15) is 4.79 Å². The monoisotopic (exact) mass is 501 g/mol. The third-order valence-electron chi connectivity index (χ3n) is 6.36. The molecule has 5 rings (SSSR count). The molecule has 9 heteroatoms. The van der Waals surface area contributed by atoms with E-state index in [1.54, 1.807) is 24.5 Å².